The molecule has 5 N–H and O–H groups in total. The van der Waals surface area contributed by atoms with Gasteiger partial charge < -0.3 is 34.9 Å². The number of halogens is 1. The first-order chi connectivity index (χ1) is 67.4. The number of benzene rings is 10. The monoisotopic (exact) mass is 2090 g/mol. The number of nitrogens with two attached hydrogens (primary N) is 1. The number of methoxy groups -OCH3 is 2. The maximum absolute atomic E-state index is 13.4. The van der Waals surface area contributed by atoms with E-state index >= 15 is 0 Å². The third-order valence-corrected chi connectivity index (χ3v) is 38.7. The van der Waals surface area contributed by atoms with Crippen LogP contribution >= 0.6 is 15.9 Å². The fourth-order valence-electron chi connectivity index (χ4n) is 18.2. The molecule has 141 heavy (non-hydrogen) atoms. The van der Waals surface area contributed by atoms with E-state index < -0.39 is 89.0 Å². The van der Waals surface area contributed by atoms with Crippen LogP contribution in [0.2, 0.25) is 0 Å². The highest BCUT2D eigenvalue weighted by molar-refractivity contribution is 9.08. The topological polar surface area (TPSA) is 384 Å². The highest BCUT2D eigenvalue weighted by Crippen LogP contribution is 2.43. The number of hydrogen-bond acceptors (Lipinski definition) is 20. The van der Waals surface area contributed by atoms with Gasteiger partial charge in [0, 0.05) is 106 Å². The van der Waals surface area contributed by atoms with Crippen molar-refractivity contribution in [3.8, 4) is 0 Å². The fourth-order valence-corrected chi connectivity index (χ4v) is 29.1. The van der Waals surface area contributed by atoms with Gasteiger partial charge in [-0.3, -0.25) is 4.79 Å². The number of esters is 2. The lowest BCUT2D eigenvalue weighted by atomic mass is 9.92. The second kappa shape index (κ2) is 52.8. The zero-order valence-corrected chi connectivity index (χ0v) is 86.5. The molecule has 10 atom stereocenters. The Labute approximate surface area is 840 Å². The first-order valence-electron chi connectivity index (χ1n) is 47.8. The number of carbonyl (C=O) groups excluding carboxylic acids is 3. The van der Waals surface area contributed by atoms with E-state index in [9.17, 15) is 66.1 Å². The lowest BCUT2D eigenvalue weighted by molar-refractivity contribution is 0.0592. The number of alkyl halides is 1. The predicted molar refractivity (Wildman–Crippen MR) is 551 cm³/mol. The van der Waals surface area contributed by atoms with Gasteiger partial charge >= 0.3 is 23.9 Å². The molecule has 10 aromatic carbocycles. The summed E-state index contributed by atoms with van der Waals surface area (Å²) in [4.78, 5) is 57.0. The molecule has 0 aliphatic carbocycles. The largest absolute Gasteiger partial charge is 0.478 e. The van der Waals surface area contributed by atoms with Gasteiger partial charge in [-0.1, -0.05) is 240 Å². The van der Waals surface area contributed by atoms with Gasteiger partial charge in [-0.25, -0.2) is 66.0 Å². The first-order valence-corrected chi connectivity index (χ1v) is 56.5. The highest BCUT2D eigenvalue weighted by atomic mass is 79.9. The lowest BCUT2D eigenvalue weighted by Gasteiger charge is -2.37. The number of ketones is 1. The maximum Gasteiger partial charge on any atom is 0.337 e. The normalized spacial score (nSPS) is 23.1. The summed E-state index contributed by atoms with van der Waals surface area (Å²) in [6.07, 6.45) is 11.9. The Morgan fingerprint density at radius 2 is 0.582 bits per heavy atom. The SMILES string of the molecule is COC(=O)c1ccc(CBr)cc1.COC(=O)c1ccc(CN2[C@@H](C)CCC(c3ccccc3)S2(=O)=O)cc1.C[C@H]1CCC(c2ccccc2)S(=O)(=O)N1.C[C@H]1CCC(c2ccccc2)S(=O)(=O)N1Cc1ccc(C(=O)CC2CCOCC2)cc1.C[C@H]1CCC(c2ccccc2)S(=O)(=O)N1Cc1ccc(C(=O)O)cc1.C[C@H]1CCC(c2ccccc2)S(=O)(=O)N1Cc1ccc(C(=O)O)cc1.NC1CCOCC1. The molecule has 17 rings (SSSR count). The molecule has 27 nitrogen and oxygen atoms in total. The minimum Gasteiger partial charge on any atom is -0.478 e. The van der Waals surface area contributed by atoms with Crippen LogP contribution < -0.4 is 10.5 Å². The van der Waals surface area contributed by atoms with Gasteiger partial charge in [-0.2, -0.15) is 17.2 Å². The number of carbonyl (C=O) groups is 5. The smallest absolute Gasteiger partial charge is 0.337 e. The van der Waals surface area contributed by atoms with E-state index in [1.807, 2.05) is 223 Å². The van der Waals surface area contributed by atoms with E-state index in [1.165, 1.54) is 38.5 Å². The molecule has 10 aromatic rings. The van der Waals surface area contributed by atoms with E-state index in [4.69, 9.17) is 30.2 Å². The molecule has 0 radical (unpaired) electrons. The quantitative estimate of drug-likeness (QED) is 0.0295. The molecular weight excluding hydrogens is 1960 g/mol. The van der Waals surface area contributed by atoms with E-state index in [-0.39, 0.29) is 71.4 Å². The van der Waals surface area contributed by atoms with Gasteiger partial charge in [0.05, 0.1) is 36.5 Å². The Morgan fingerprint density at radius 3 is 0.830 bits per heavy atom. The van der Waals surface area contributed by atoms with Crippen molar-refractivity contribution >= 4 is 95.7 Å². The number of carboxylic acid groups (broad SMARTS) is 2. The zero-order chi connectivity index (χ0) is 102. The zero-order valence-electron chi connectivity index (χ0n) is 80.8. The fraction of sp³-hybridized carbons (Fsp3) is 0.398. The highest BCUT2D eigenvalue weighted by Gasteiger charge is 2.45. The average molecular weight is 2090 g/mol. The van der Waals surface area contributed by atoms with Crippen LogP contribution in [0.15, 0.2) is 273 Å². The third-order valence-electron chi connectivity index (χ3n) is 26.6. The van der Waals surface area contributed by atoms with Crippen molar-refractivity contribution in [2.75, 3.05) is 40.6 Å². The van der Waals surface area contributed by atoms with Crippen LogP contribution in [0.25, 0.3) is 0 Å². The first kappa shape index (κ1) is 111. The molecule has 756 valence electrons. The summed E-state index contributed by atoms with van der Waals surface area (Å²) in [5.41, 5.74) is 16.4. The molecule has 33 heteroatoms. The summed E-state index contributed by atoms with van der Waals surface area (Å²) >= 11 is 3.32. The van der Waals surface area contributed by atoms with E-state index in [2.05, 4.69) is 25.4 Å². The minimum atomic E-state index is -3.47. The molecule has 7 aliphatic heterocycles. The third kappa shape index (κ3) is 30.9. The van der Waals surface area contributed by atoms with Crippen molar-refractivity contribution in [3.05, 3.63) is 356 Å². The van der Waals surface area contributed by atoms with Crippen LogP contribution in [0.3, 0.4) is 0 Å². The Bertz CT molecular complexity index is 6140. The van der Waals surface area contributed by atoms with Crippen LogP contribution in [-0.4, -0.2) is 176 Å². The number of nitrogens with one attached hydrogen (secondary N) is 1. The van der Waals surface area contributed by atoms with Crippen LogP contribution in [0, 0.1) is 5.92 Å². The van der Waals surface area contributed by atoms with Gasteiger partial charge in [0.1, 0.15) is 26.2 Å². The number of hydrogen-bond donors (Lipinski definition) is 4. The van der Waals surface area contributed by atoms with Crippen LogP contribution in [0.5, 0.6) is 0 Å². The predicted octanol–water partition coefficient (Wildman–Crippen LogP) is 19.5. The Morgan fingerprint density at radius 1 is 0.333 bits per heavy atom. The van der Waals surface area contributed by atoms with Crippen molar-refractivity contribution in [1.82, 2.24) is 21.9 Å². The number of rotatable bonds is 21. The van der Waals surface area contributed by atoms with Gasteiger partial charge in [0.2, 0.25) is 50.1 Å². The molecule has 7 saturated heterocycles. The summed E-state index contributed by atoms with van der Waals surface area (Å²) in [6, 6.07) is 81.5. The minimum absolute atomic E-state index is 0.0419. The molecular formula is C108H131BrN6O21S5. The number of nitrogens with zero attached hydrogens (tertiary/aromatic N) is 4. The van der Waals surface area contributed by atoms with Gasteiger partial charge in [0.15, 0.2) is 5.78 Å². The number of ether oxygens (including phenoxy) is 4. The van der Waals surface area contributed by atoms with E-state index in [0.29, 0.717) is 80.3 Å². The number of Topliss-reactive ketones (excluding diaryl/α,β-unsaturated/α-hetero) is 1. The summed E-state index contributed by atoms with van der Waals surface area (Å²) in [7, 11) is -14.3. The molecule has 0 aromatic heterocycles. The van der Waals surface area contributed by atoms with Crippen LogP contribution in [0.4, 0.5) is 0 Å². The molecule has 0 spiro atoms. The Balaban J connectivity index is 0.000000162. The summed E-state index contributed by atoms with van der Waals surface area (Å²) < 4.78 is 158. The van der Waals surface area contributed by atoms with Gasteiger partial charge in [0.25, 0.3) is 0 Å². The molecule has 7 aliphatic rings. The van der Waals surface area contributed by atoms with Crippen LogP contribution in [-0.2, 0) is 101 Å². The van der Waals surface area contributed by atoms with E-state index in [1.54, 1.807) is 77.9 Å². The van der Waals surface area contributed by atoms with Crippen molar-refractivity contribution in [1.29, 1.82) is 0 Å². The van der Waals surface area contributed by atoms with Crippen molar-refractivity contribution < 1.29 is 95.2 Å². The van der Waals surface area contributed by atoms with E-state index in [0.717, 1.165) is 145 Å². The molecule has 5 unspecified atom stereocenters. The van der Waals surface area contributed by atoms with Gasteiger partial charge in [-0.05, 0) is 235 Å². The van der Waals surface area contributed by atoms with Crippen molar-refractivity contribution in [3.63, 3.8) is 0 Å². The van der Waals surface area contributed by atoms with Crippen molar-refractivity contribution in [2.24, 2.45) is 11.7 Å². The standard InChI is InChI=1S/C25H31NO4S.C20H23NO4S.2C19H21NO4S.C11H15NO2S.C9H9BrO2.C5H11NO/c1-19-7-12-25(23-5-3-2-4-6-23)31(28,29)26(19)18-21-8-10-22(11-9-21)24(27)17-20-13-15-30-16-14-20;1-15-8-13-19(17-6-4-3-5-7-17)26(23,24)21(15)14-16-9-11-18(12-10-16)20(22)25-2;2*1-14-7-12-18(16-5-3-2-4-6-16)25(23,24)20(14)13-15-8-10-17(11-9-15)19(21)22;1-9-7-8-11(15(13,14)12-9)10-5-3-2-4-6-10;1-12-9(11)8-4-2-7(6-10)3-5-8;6-5-1-3-7-4-2-5/h2-6,8-11,19-20,25H,7,12-18H2,1H3;3-7,9-12,15,19H,8,13-14H2,1-2H3;2*2-6,8-11,14,18H,7,12-13H2,1H3,(H,21,22);2-6,9,11-12H,7-8H2,1H3;2-5H,6H2,1H3;5H,1-4,6H2/t19-,25?;15-,19?;2*14-,18?;9-,11?;;/m00000../s1. The summed E-state index contributed by atoms with van der Waals surface area (Å²) in [5, 5.41) is 16.3. The molecule has 7 heterocycles. The number of carboxylic acids is 2. The summed E-state index contributed by atoms with van der Waals surface area (Å²) in [6.45, 7) is 14.0. The molecule has 7 fully saturated rings. The summed E-state index contributed by atoms with van der Waals surface area (Å²) in [5.74, 6) is -2.13. The molecule has 0 saturated carbocycles. The van der Waals surface area contributed by atoms with Crippen molar-refractivity contribution in [2.45, 2.75) is 225 Å². The number of aromatic carboxylic acids is 2. The Hall–Kier alpha value is -10.3. The average Bonchev–Trinajstić information content (AvgIpc) is 0.780. The Kier molecular flexibility index (Phi) is 41.6. The van der Waals surface area contributed by atoms with Gasteiger partial charge in [-0.15, -0.1) is 0 Å². The van der Waals surface area contributed by atoms with Crippen LogP contribution in [0.1, 0.15) is 265 Å². The number of sulfonamides is 5. The molecule has 0 bridgehead atoms. The lowest BCUT2D eigenvalue weighted by Crippen LogP contribution is -2.44. The second-order valence-corrected chi connectivity index (χ2v) is 47.3. The molecule has 0 amide bonds. The maximum atomic E-state index is 13.4. The second-order valence-electron chi connectivity index (χ2n) is 36.5.